The van der Waals surface area contributed by atoms with Gasteiger partial charge in [0, 0.05) is 18.3 Å². The summed E-state index contributed by atoms with van der Waals surface area (Å²) in [5, 5.41) is 5.58. The predicted octanol–water partition coefficient (Wildman–Crippen LogP) is 2.81. The van der Waals surface area contributed by atoms with Crippen molar-refractivity contribution in [2.24, 2.45) is 0 Å². The van der Waals surface area contributed by atoms with Gasteiger partial charge in [-0.2, -0.15) is 0 Å². The van der Waals surface area contributed by atoms with Gasteiger partial charge >= 0.3 is 0 Å². The van der Waals surface area contributed by atoms with Gasteiger partial charge in [0.2, 0.25) is 21.8 Å². The van der Waals surface area contributed by atoms with Crippen LogP contribution in [-0.2, 0) is 31.9 Å². The van der Waals surface area contributed by atoms with Crippen LogP contribution >= 0.6 is 11.8 Å². The van der Waals surface area contributed by atoms with Crippen molar-refractivity contribution in [1.29, 1.82) is 0 Å². The zero-order valence-corrected chi connectivity index (χ0v) is 19.6. The zero-order chi connectivity index (χ0) is 22.9. The first-order valence-electron chi connectivity index (χ1n) is 9.92. The molecule has 9 heteroatoms. The first-order chi connectivity index (χ1) is 14.6. The molecule has 0 atom stereocenters. The Kier molecular flexibility index (Phi) is 9.54. The minimum atomic E-state index is -3.46. The van der Waals surface area contributed by atoms with Gasteiger partial charge in [-0.25, -0.2) is 13.1 Å². The highest BCUT2D eigenvalue weighted by Gasteiger charge is 2.15. The third kappa shape index (κ3) is 9.54. The molecule has 0 aliphatic rings. The largest absolute Gasteiger partial charge is 0.351 e. The fourth-order valence-corrected chi connectivity index (χ4v) is 4.93. The summed E-state index contributed by atoms with van der Waals surface area (Å²) < 4.78 is 27.0. The number of aryl methyl sites for hydroxylation is 1. The highest BCUT2D eigenvalue weighted by molar-refractivity contribution is 8.00. The summed E-state index contributed by atoms with van der Waals surface area (Å²) in [5.74, 6) is -0.236. The molecule has 168 valence electrons. The van der Waals surface area contributed by atoms with Gasteiger partial charge < -0.3 is 10.6 Å². The number of amides is 2. The van der Waals surface area contributed by atoms with Gasteiger partial charge in [-0.05, 0) is 44.0 Å². The second-order valence-electron chi connectivity index (χ2n) is 7.48. The summed E-state index contributed by atoms with van der Waals surface area (Å²) in [6.07, 6.45) is 0. The standard InChI is InChI=1S/C22H29N3O4S2/c1-16(2)25-31(28,29)15-19-7-5-4-6-18(19)12-23-21(26)13-30-14-22(27)24-20-10-8-17(3)9-11-20/h4-11,16,25H,12-15H2,1-3H3,(H,23,26)(H,24,27). The Labute approximate surface area is 188 Å². The van der Waals surface area contributed by atoms with Gasteiger partial charge in [-0.15, -0.1) is 11.8 Å². The van der Waals surface area contributed by atoms with E-state index in [1.165, 1.54) is 11.8 Å². The molecule has 2 aromatic carbocycles. The number of nitrogens with one attached hydrogen (secondary N) is 3. The molecule has 0 aliphatic heterocycles. The maximum Gasteiger partial charge on any atom is 0.234 e. The third-order valence-electron chi connectivity index (χ3n) is 4.16. The molecule has 0 bridgehead atoms. The molecule has 2 aromatic rings. The van der Waals surface area contributed by atoms with E-state index in [1.54, 1.807) is 38.1 Å². The Bertz CT molecular complexity index is 990. The Hall–Kier alpha value is -2.36. The number of carbonyl (C=O) groups is 2. The molecular weight excluding hydrogens is 434 g/mol. The van der Waals surface area contributed by atoms with Crippen LogP contribution in [-0.4, -0.2) is 37.8 Å². The molecule has 0 aromatic heterocycles. The normalized spacial score (nSPS) is 11.4. The van der Waals surface area contributed by atoms with Crippen LogP contribution in [0.3, 0.4) is 0 Å². The van der Waals surface area contributed by atoms with E-state index >= 15 is 0 Å². The molecule has 0 saturated carbocycles. The molecule has 0 spiro atoms. The first kappa shape index (κ1) is 24.9. The van der Waals surface area contributed by atoms with E-state index in [-0.39, 0.29) is 41.7 Å². The van der Waals surface area contributed by atoms with E-state index in [0.717, 1.165) is 16.8 Å². The van der Waals surface area contributed by atoms with Gasteiger partial charge in [0.1, 0.15) is 0 Å². The van der Waals surface area contributed by atoms with Crippen LogP contribution in [0.25, 0.3) is 0 Å². The summed E-state index contributed by atoms with van der Waals surface area (Å²) in [7, 11) is -3.46. The molecule has 31 heavy (non-hydrogen) atoms. The number of anilines is 1. The maximum atomic E-state index is 12.2. The molecule has 0 aliphatic carbocycles. The van der Waals surface area contributed by atoms with Crippen molar-refractivity contribution in [2.75, 3.05) is 16.8 Å². The molecule has 0 radical (unpaired) electrons. The SMILES string of the molecule is Cc1ccc(NC(=O)CSCC(=O)NCc2ccccc2CS(=O)(=O)NC(C)C)cc1. The van der Waals surface area contributed by atoms with Crippen LogP contribution in [0.15, 0.2) is 48.5 Å². The van der Waals surface area contributed by atoms with Gasteiger partial charge in [-0.3, -0.25) is 9.59 Å². The molecule has 0 fully saturated rings. The third-order valence-corrected chi connectivity index (χ3v) is 6.61. The van der Waals surface area contributed by atoms with Crippen molar-refractivity contribution in [3.05, 3.63) is 65.2 Å². The number of thioether (sulfide) groups is 1. The molecule has 3 N–H and O–H groups in total. The smallest absolute Gasteiger partial charge is 0.234 e. The predicted molar refractivity (Wildman–Crippen MR) is 126 cm³/mol. The van der Waals surface area contributed by atoms with Gasteiger partial charge in [0.05, 0.1) is 17.3 Å². The fourth-order valence-electron chi connectivity index (χ4n) is 2.79. The topological polar surface area (TPSA) is 104 Å². The average Bonchev–Trinajstić information content (AvgIpc) is 2.68. The van der Waals surface area contributed by atoms with Crippen LogP contribution in [0.2, 0.25) is 0 Å². The van der Waals surface area contributed by atoms with E-state index in [0.29, 0.717) is 5.56 Å². The Morgan fingerprint density at radius 3 is 2.19 bits per heavy atom. The van der Waals surface area contributed by atoms with E-state index in [9.17, 15) is 18.0 Å². The van der Waals surface area contributed by atoms with Crippen molar-refractivity contribution < 1.29 is 18.0 Å². The molecule has 0 saturated heterocycles. The lowest BCUT2D eigenvalue weighted by Crippen LogP contribution is -2.32. The quantitative estimate of drug-likeness (QED) is 0.475. The number of rotatable bonds is 11. The summed E-state index contributed by atoms with van der Waals surface area (Å²) in [5.41, 5.74) is 3.21. The molecule has 2 rings (SSSR count). The Balaban J connectivity index is 1.78. The summed E-state index contributed by atoms with van der Waals surface area (Å²) in [6.45, 7) is 5.73. The molecular formula is C22H29N3O4S2. The van der Waals surface area contributed by atoms with Crippen molar-refractivity contribution in [3.63, 3.8) is 0 Å². The van der Waals surface area contributed by atoms with Crippen LogP contribution in [0, 0.1) is 6.92 Å². The Morgan fingerprint density at radius 2 is 1.55 bits per heavy atom. The van der Waals surface area contributed by atoms with E-state index in [1.807, 2.05) is 31.2 Å². The van der Waals surface area contributed by atoms with Crippen molar-refractivity contribution in [3.8, 4) is 0 Å². The molecule has 0 unspecified atom stereocenters. The number of sulfonamides is 1. The lowest BCUT2D eigenvalue weighted by Gasteiger charge is -2.13. The van der Waals surface area contributed by atoms with E-state index < -0.39 is 10.0 Å². The number of hydrogen-bond acceptors (Lipinski definition) is 5. The van der Waals surface area contributed by atoms with E-state index in [4.69, 9.17) is 0 Å². The molecule has 2 amide bonds. The highest BCUT2D eigenvalue weighted by Crippen LogP contribution is 2.13. The number of hydrogen-bond donors (Lipinski definition) is 3. The lowest BCUT2D eigenvalue weighted by atomic mass is 10.1. The maximum absolute atomic E-state index is 12.2. The summed E-state index contributed by atoms with van der Waals surface area (Å²) >= 11 is 1.22. The minimum Gasteiger partial charge on any atom is -0.351 e. The monoisotopic (exact) mass is 463 g/mol. The van der Waals surface area contributed by atoms with Crippen molar-refractivity contribution in [2.45, 2.75) is 39.1 Å². The minimum absolute atomic E-state index is 0.136. The lowest BCUT2D eigenvalue weighted by molar-refractivity contribution is -0.118. The van der Waals surface area contributed by atoms with E-state index in [2.05, 4.69) is 15.4 Å². The van der Waals surface area contributed by atoms with Crippen molar-refractivity contribution >= 4 is 39.3 Å². The van der Waals surface area contributed by atoms with Crippen LogP contribution in [0.1, 0.15) is 30.5 Å². The average molecular weight is 464 g/mol. The fraction of sp³-hybridized carbons (Fsp3) is 0.364. The second-order valence-corrected chi connectivity index (χ2v) is 10.2. The molecule has 0 heterocycles. The zero-order valence-electron chi connectivity index (χ0n) is 18.0. The Morgan fingerprint density at radius 1 is 0.935 bits per heavy atom. The first-order valence-corrected chi connectivity index (χ1v) is 12.7. The van der Waals surface area contributed by atoms with Crippen LogP contribution < -0.4 is 15.4 Å². The highest BCUT2D eigenvalue weighted by atomic mass is 32.2. The second kappa shape index (κ2) is 11.9. The van der Waals surface area contributed by atoms with Crippen LogP contribution in [0.5, 0.6) is 0 Å². The summed E-state index contributed by atoms with van der Waals surface area (Å²) in [4.78, 5) is 24.1. The van der Waals surface area contributed by atoms with Crippen LogP contribution in [0.4, 0.5) is 5.69 Å². The summed E-state index contributed by atoms with van der Waals surface area (Å²) in [6, 6.07) is 14.4. The van der Waals surface area contributed by atoms with Gasteiger partial charge in [-0.1, -0.05) is 42.0 Å². The number of benzene rings is 2. The van der Waals surface area contributed by atoms with Crippen molar-refractivity contribution in [1.82, 2.24) is 10.0 Å². The number of carbonyl (C=O) groups excluding carboxylic acids is 2. The molecule has 7 nitrogen and oxygen atoms in total. The van der Waals surface area contributed by atoms with Gasteiger partial charge in [0.25, 0.3) is 0 Å². The van der Waals surface area contributed by atoms with Gasteiger partial charge in [0.15, 0.2) is 0 Å².